The predicted octanol–water partition coefficient (Wildman–Crippen LogP) is 10.9. The fourth-order valence-electron chi connectivity index (χ4n) is 6.35. The minimum absolute atomic E-state index is 0.712. The topological polar surface area (TPSA) is 30.7 Å². The maximum atomic E-state index is 5.24. The molecule has 0 bridgehead atoms. The van der Waals surface area contributed by atoms with E-state index in [1.807, 2.05) is 35.6 Å². The van der Waals surface area contributed by atoms with Crippen LogP contribution in [0.4, 0.5) is 0 Å². The molecule has 0 radical (unpaired) electrons. The number of nitrogens with zero attached hydrogens (tertiary/aromatic N) is 3. The average Bonchev–Trinajstić information content (AvgIpc) is 3.65. The number of fused-ring (bicyclic) bond motifs is 7. The largest absolute Gasteiger partial charge is 0.292 e. The molecule has 9 rings (SSSR count). The molecule has 3 heterocycles. The van der Waals surface area contributed by atoms with E-state index in [0.29, 0.717) is 5.82 Å². The molecular formula is C40H25N3S. The van der Waals surface area contributed by atoms with Gasteiger partial charge in [0.2, 0.25) is 0 Å². The lowest BCUT2D eigenvalue weighted by molar-refractivity contribution is 1.05. The molecule has 4 heteroatoms. The summed E-state index contributed by atoms with van der Waals surface area (Å²) < 4.78 is 4.89. The number of para-hydroxylation sites is 1. The van der Waals surface area contributed by atoms with Crippen LogP contribution in [0.2, 0.25) is 0 Å². The Hall–Kier alpha value is -5.58. The summed E-state index contributed by atoms with van der Waals surface area (Å²) in [5, 5.41) is 4.99. The number of hydrogen-bond donors (Lipinski definition) is 0. The minimum atomic E-state index is 0.712. The van der Waals surface area contributed by atoms with E-state index in [-0.39, 0.29) is 0 Å². The molecule has 0 saturated carbocycles. The zero-order valence-electron chi connectivity index (χ0n) is 23.7. The van der Waals surface area contributed by atoms with Crippen LogP contribution in [0.1, 0.15) is 0 Å². The Morgan fingerprint density at radius 3 is 1.89 bits per heavy atom. The van der Waals surface area contributed by atoms with Crippen LogP contribution in [-0.2, 0) is 0 Å². The number of benzene rings is 6. The summed E-state index contributed by atoms with van der Waals surface area (Å²) in [7, 11) is 0. The summed E-state index contributed by atoms with van der Waals surface area (Å²) >= 11 is 1.86. The van der Waals surface area contributed by atoms with Crippen molar-refractivity contribution in [3.05, 3.63) is 152 Å². The normalized spacial score (nSPS) is 11.6. The molecule has 206 valence electrons. The van der Waals surface area contributed by atoms with Gasteiger partial charge in [-0.15, -0.1) is 11.3 Å². The van der Waals surface area contributed by atoms with Gasteiger partial charge in [0, 0.05) is 43.4 Å². The highest BCUT2D eigenvalue weighted by atomic mass is 32.1. The van der Waals surface area contributed by atoms with Gasteiger partial charge in [0.05, 0.1) is 21.4 Å². The van der Waals surface area contributed by atoms with E-state index in [2.05, 4.69) is 132 Å². The third kappa shape index (κ3) is 3.96. The van der Waals surface area contributed by atoms with Crippen LogP contribution in [0, 0.1) is 0 Å². The van der Waals surface area contributed by atoms with Gasteiger partial charge in [-0.25, -0.2) is 9.97 Å². The maximum absolute atomic E-state index is 5.24. The van der Waals surface area contributed by atoms with E-state index in [1.165, 1.54) is 47.6 Å². The quantitative estimate of drug-likeness (QED) is 0.208. The molecule has 0 saturated heterocycles. The standard InChI is InChI=1S/C40H25N3S/c1-4-12-26(13-5-1)29-20-23-36-33(24-29)32-22-21-31-30-18-10-11-19-35(30)43(38(31)39(32)44-36)37-25-34(27-14-6-2-7-15-27)41-40(42-37)28-16-8-3-9-17-28/h1-25H. The monoisotopic (exact) mass is 579 g/mol. The van der Waals surface area contributed by atoms with Gasteiger partial charge >= 0.3 is 0 Å². The van der Waals surface area contributed by atoms with Crippen LogP contribution in [0.25, 0.3) is 81.6 Å². The van der Waals surface area contributed by atoms with Crippen molar-refractivity contribution < 1.29 is 0 Å². The Balaban J connectivity index is 1.37. The van der Waals surface area contributed by atoms with Crippen LogP contribution in [0.15, 0.2) is 152 Å². The van der Waals surface area contributed by atoms with Crippen molar-refractivity contribution in [1.29, 1.82) is 0 Å². The highest BCUT2D eigenvalue weighted by Crippen LogP contribution is 2.44. The van der Waals surface area contributed by atoms with Gasteiger partial charge in [-0.1, -0.05) is 127 Å². The molecule has 6 aromatic carbocycles. The van der Waals surface area contributed by atoms with E-state index in [1.54, 1.807) is 0 Å². The van der Waals surface area contributed by atoms with Crippen LogP contribution >= 0.6 is 11.3 Å². The molecule has 0 aliphatic rings. The highest BCUT2D eigenvalue weighted by molar-refractivity contribution is 7.26. The fraction of sp³-hybridized carbons (Fsp3) is 0. The number of aromatic nitrogens is 3. The molecule has 0 atom stereocenters. The van der Waals surface area contributed by atoms with Gasteiger partial charge < -0.3 is 0 Å². The highest BCUT2D eigenvalue weighted by Gasteiger charge is 2.20. The fourth-order valence-corrected chi connectivity index (χ4v) is 7.57. The van der Waals surface area contributed by atoms with Crippen molar-refractivity contribution >= 4 is 53.3 Å². The first-order chi connectivity index (χ1) is 21.8. The summed E-state index contributed by atoms with van der Waals surface area (Å²) in [6, 6.07) is 53.5. The van der Waals surface area contributed by atoms with Crippen LogP contribution < -0.4 is 0 Å². The summed E-state index contributed by atoms with van der Waals surface area (Å²) in [5.41, 5.74) is 7.73. The molecular weight excluding hydrogens is 555 g/mol. The molecule has 0 fully saturated rings. The summed E-state index contributed by atoms with van der Waals surface area (Å²) in [6.45, 7) is 0. The van der Waals surface area contributed by atoms with Gasteiger partial charge in [-0.3, -0.25) is 4.57 Å². The second-order valence-electron chi connectivity index (χ2n) is 11.0. The minimum Gasteiger partial charge on any atom is -0.292 e. The van der Waals surface area contributed by atoms with Gasteiger partial charge in [-0.2, -0.15) is 0 Å². The van der Waals surface area contributed by atoms with Crippen molar-refractivity contribution in [2.45, 2.75) is 0 Å². The molecule has 0 amide bonds. The molecule has 9 aromatic rings. The van der Waals surface area contributed by atoms with Gasteiger partial charge in [0.25, 0.3) is 0 Å². The van der Waals surface area contributed by atoms with Crippen molar-refractivity contribution in [3.8, 4) is 39.6 Å². The zero-order chi connectivity index (χ0) is 29.0. The Labute approximate surface area is 258 Å². The van der Waals surface area contributed by atoms with E-state index in [4.69, 9.17) is 9.97 Å². The molecule has 0 unspecified atom stereocenters. The molecule has 0 aliphatic heterocycles. The zero-order valence-corrected chi connectivity index (χ0v) is 24.5. The van der Waals surface area contributed by atoms with Crippen LogP contribution in [0.3, 0.4) is 0 Å². The average molecular weight is 580 g/mol. The third-order valence-electron chi connectivity index (χ3n) is 8.42. The lowest BCUT2D eigenvalue weighted by atomic mass is 10.0. The van der Waals surface area contributed by atoms with Gasteiger partial charge in [0.15, 0.2) is 5.82 Å². The SMILES string of the molecule is c1ccc(-c2ccc3sc4c(ccc5c6ccccc6n(-c6cc(-c7ccccc7)nc(-c7ccccc7)n6)c54)c3c2)cc1. The molecule has 3 aromatic heterocycles. The maximum Gasteiger partial charge on any atom is 0.162 e. The summed E-state index contributed by atoms with van der Waals surface area (Å²) in [5.74, 6) is 1.57. The molecule has 44 heavy (non-hydrogen) atoms. The lowest BCUT2D eigenvalue weighted by Crippen LogP contribution is -2.02. The number of thiophene rings is 1. The Morgan fingerprint density at radius 2 is 1.11 bits per heavy atom. The predicted molar refractivity (Wildman–Crippen MR) is 186 cm³/mol. The summed E-state index contributed by atoms with van der Waals surface area (Å²) in [4.78, 5) is 10.3. The van der Waals surface area contributed by atoms with Crippen molar-refractivity contribution in [2.24, 2.45) is 0 Å². The van der Waals surface area contributed by atoms with E-state index >= 15 is 0 Å². The number of rotatable bonds is 4. The third-order valence-corrected chi connectivity index (χ3v) is 9.62. The molecule has 3 nitrogen and oxygen atoms in total. The van der Waals surface area contributed by atoms with Crippen molar-refractivity contribution in [3.63, 3.8) is 0 Å². The second-order valence-corrected chi connectivity index (χ2v) is 12.1. The first-order valence-corrected chi connectivity index (χ1v) is 15.6. The molecule has 0 N–H and O–H groups in total. The Kier molecular flexibility index (Phi) is 5.68. The van der Waals surface area contributed by atoms with E-state index in [9.17, 15) is 0 Å². The Bertz CT molecular complexity index is 2420. The first kappa shape index (κ1) is 25.0. The lowest BCUT2D eigenvalue weighted by Gasteiger charge is -2.12. The van der Waals surface area contributed by atoms with Gasteiger partial charge in [0.1, 0.15) is 5.82 Å². The molecule has 0 aliphatic carbocycles. The smallest absolute Gasteiger partial charge is 0.162 e. The van der Waals surface area contributed by atoms with Gasteiger partial charge in [-0.05, 0) is 29.3 Å². The second kappa shape index (κ2) is 10.0. The van der Waals surface area contributed by atoms with Crippen LogP contribution in [-0.4, -0.2) is 14.5 Å². The number of hydrogen-bond acceptors (Lipinski definition) is 3. The van der Waals surface area contributed by atoms with E-state index in [0.717, 1.165) is 28.2 Å². The summed E-state index contributed by atoms with van der Waals surface area (Å²) in [6.07, 6.45) is 0. The molecule has 0 spiro atoms. The van der Waals surface area contributed by atoms with E-state index < -0.39 is 0 Å². The Morgan fingerprint density at radius 1 is 0.455 bits per heavy atom. The first-order valence-electron chi connectivity index (χ1n) is 14.8. The van der Waals surface area contributed by atoms with Crippen molar-refractivity contribution in [2.75, 3.05) is 0 Å². The van der Waals surface area contributed by atoms with Crippen molar-refractivity contribution in [1.82, 2.24) is 14.5 Å². The van der Waals surface area contributed by atoms with Crippen LogP contribution in [0.5, 0.6) is 0 Å².